The molecule has 2 aliphatic heterocycles. The second-order valence-corrected chi connectivity index (χ2v) is 8.07. The Labute approximate surface area is 192 Å². The summed E-state index contributed by atoms with van der Waals surface area (Å²) in [6, 6.07) is 16.8. The molecule has 2 aromatic rings. The molecule has 0 saturated carbocycles. The molecule has 0 atom stereocenters. The van der Waals surface area contributed by atoms with Gasteiger partial charge in [0.05, 0.1) is 11.1 Å². The zero-order chi connectivity index (χ0) is 23.2. The highest BCUT2D eigenvalue weighted by Crippen LogP contribution is 2.22. The number of piperazine rings is 1. The standard InChI is InChI=1S/C24H27N5O4/c30-21(10-12-27-14-16-28(17-15-27)18-6-2-1-3-7-18)25-26-22(31)11-13-29-23(32)19-8-4-5-9-20(19)24(29)33/h1-9H,10-17H2,(H,25,30)(H,26,31). The Morgan fingerprint density at radius 2 is 1.21 bits per heavy atom. The summed E-state index contributed by atoms with van der Waals surface area (Å²) in [6.07, 6.45) is 0.178. The maximum absolute atomic E-state index is 12.3. The third kappa shape index (κ3) is 5.38. The van der Waals surface area contributed by atoms with Gasteiger partial charge in [0.2, 0.25) is 11.8 Å². The Hall–Kier alpha value is -3.72. The molecule has 9 heteroatoms. The van der Waals surface area contributed by atoms with E-state index in [1.807, 2.05) is 18.2 Å². The summed E-state index contributed by atoms with van der Waals surface area (Å²) in [6.45, 7) is 4.11. The van der Waals surface area contributed by atoms with Crippen LogP contribution in [0.1, 0.15) is 33.6 Å². The Morgan fingerprint density at radius 3 is 1.79 bits per heavy atom. The Morgan fingerprint density at radius 1 is 0.697 bits per heavy atom. The number of carbonyl (C=O) groups is 4. The summed E-state index contributed by atoms with van der Waals surface area (Å²) < 4.78 is 0. The highest BCUT2D eigenvalue weighted by atomic mass is 16.2. The molecule has 4 rings (SSSR count). The zero-order valence-electron chi connectivity index (χ0n) is 18.3. The van der Waals surface area contributed by atoms with E-state index >= 15 is 0 Å². The summed E-state index contributed by atoms with van der Waals surface area (Å²) in [5.41, 5.74) is 6.67. The first-order valence-corrected chi connectivity index (χ1v) is 11.1. The monoisotopic (exact) mass is 449 g/mol. The van der Waals surface area contributed by atoms with Crippen LogP contribution < -0.4 is 15.8 Å². The Balaban J connectivity index is 1.12. The van der Waals surface area contributed by atoms with Crippen molar-refractivity contribution in [1.82, 2.24) is 20.7 Å². The summed E-state index contributed by atoms with van der Waals surface area (Å²) in [5.74, 6) is -1.55. The van der Waals surface area contributed by atoms with Crippen LogP contribution in [-0.4, -0.2) is 72.7 Å². The second-order valence-electron chi connectivity index (χ2n) is 8.07. The van der Waals surface area contributed by atoms with Crippen LogP contribution in [0.5, 0.6) is 0 Å². The van der Waals surface area contributed by atoms with Crippen molar-refractivity contribution in [2.45, 2.75) is 12.8 Å². The molecule has 2 heterocycles. The summed E-state index contributed by atoms with van der Waals surface area (Å²) in [7, 11) is 0. The molecule has 2 aromatic carbocycles. The Kier molecular flexibility index (Phi) is 6.99. The van der Waals surface area contributed by atoms with Gasteiger partial charge in [-0.1, -0.05) is 30.3 Å². The van der Waals surface area contributed by atoms with E-state index in [1.54, 1.807) is 24.3 Å². The fraction of sp³-hybridized carbons (Fsp3) is 0.333. The van der Waals surface area contributed by atoms with Crippen LogP contribution in [0.4, 0.5) is 5.69 Å². The molecular weight excluding hydrogens is 422 g/mol. The first-order chi connectivity index (χ1) is 16.0. The van der Waals surface area contributed by atoms with Gasteiger partial charge in [0.1, 0.15) is 0 Å². The number of imide groups is 1. The van der Waals surface area contributed by atoms with Crippen LogP contribution >= 0.6 is 0 Å². The van der Waals surface area contributed by atoms with Crippen molar-refractivity contribution in [3.63, 3.8) is 0 Å². The number of hydrazine groups is 1. The lowest BCUT2D eigenvalue weighted by atomic mass is 10.1. The van der Waals surface area contributed by atoms with E-state index in [2.05, 4.69) is 32.8 Å². The molecular formula is C24H27N5O4. The van der Waals surface area contributed by atoms with Gasteiger partial charge in [-0.05, 0) is 24.3 Å². The van der Waals surface area contributed by atoms with E-state index < -0.39 is 17.7 Å². The van der Waals surface area contributed by atoms with Crippen molar-refractivity contribution in [3.8, 4) is 0 Å². The van der Waals surface area contributed by atoms with Crippen molar-refractivity contribution >= 4 is 29.3 Å². The lowest BCUT2D eigenvalue weighted by Crippen LogP contribution is -2.48. The molecule has 33 heavy (non-hydrogen) atoms. The summed E-state index contributed by atoms with van der Waals surface area (Å²) in [4.78, 5) is 54.4. The maximum atomic E-state index is 12.3. The number of carbonyl (C=O) groups excluding carboxylic acids is 4. The molecule has 0 aromatic heterocycles. The smallest absolute Gasteiger partial charge is 0.261 e. The Bertz CT molecular complexity index is 999. The van der Waals surface area contributed by atoms with Gasteiger partial charge in [0.25, 0.3) is 11.8 Å². The molecule has 9 nitrogen and oxygen atoms in total. The van der Waals surface area contributed by atoms with E-state index in [0.717, 1.165) is 31.1 Å². The molecule has 0 unspecified atom stereocenters. The lowest BCUT2D eigenvalue weighted by Gasteiger charge is -2.36. The van der Waals surface area contributed by atoms with Gasteiger partial charge >= 0.3 is 0 Å². The molecule has 172 valence electrons. The number of hydrogen-bond acceptors (Lipinski definition) is 6. The molecule has 2 N–H and O–H groups in total. The van der Waals surface area contributed by atoms with Gasteiger partial charge in [-0.15, -0.1) is 0 Å². The minimum absolute atomic E-state index is 0.0419. The first kappa shape index (κ1) is 22.5. The number of para-hydroxylation sites is 1. The molecule has 0 spiro atoms. The van der Waals surface area contributed by atoms with Crippen LogP contribution in [0, 0.1) is 0 Å². The van der Waals surface area contributed by atoms with Crippen molar-refractivity contribution in [1.29, 1.82) is 0 Å². The van der Waals surface area contributed by atoms with Crippen molar-refractivity contribution in [3.05, 3.63) is 65.7 Å². The minimum atomic E-state index is -0.462. The number of nitrogens with zero attached hydrogens (tertiary/aromatic N) is 3. The van der Waals surface area contributed by atoms with E-state index in [0.29, 0.717) is 17.7 Å². The normalized spacial score (nSPS) is 16.0. The average molecular weight is 450 g/mol. The van der Waals surface area contributed by atoms with Gasteiger partial charge in [-0.25, -0.2) is 0 Å². The number of rotatable bonds is 7. The quantitative estimate of drug-likeness (QED) is 0.484. The fourth-order valence-corrected chi connectivity index (χ4v) is 4.05. The van der Waals surface area contributed by atoms with Gasteiger partial charge in [-0.2, -0.15) is 0 Å². The predicted octanol–water partition coefficient (Wildman–Crippen LogP) is 1.03. The molecule has 0 bridgehead atoms. The van der Waals surface area contributed by atoms with Crippen LogP contribution in [0.2, 0.25) is 0 Å². The van der Waals surface area contributed by atoms with Crippen LogP contribution in [0.15, 0.2) is 54.6 Å². The predicted molar refractivity (Wildman–Crippen MR) is 122 cm³/mol. The first-order valence-electron chi connectivity index (χ1n) is 11.1. The van der Waals surface area contributed by atoms with Crippen molar-refractivity contribution in [2.24, 2.45) is 0 Å². The fourth-order valence-electron chi connectivity index (χ4n) is 4.05. The number of hydrogen-bond donors (Lipinski definition) is 2. The zero-order valence-corrected chi connectivity index (χ0v) is 18.3. The molecule has 4 amide bonds. The largest absolute Gasteiger partial charge is 0.369 e. The number of fused-ring (bicyclic) bond motifs is 1. The minimum Gasteiger partial charge on any atom is -0.369 e. The van der Waals surface area contributed by atoms with Gasteiger partial charge in [0.15, 0.2) is 0 Å². The third-order valence-corrected chi connectivity index (χ3v) is 5.93. The number of benzene rings is 2. The summed E-state index contributed by atoms with van der Waals surface area (Å²) >= 11 is 0. The van der Waals surface area contributed by atoms with Gasteiger partial charge in [0, 0.05) is 57.8 Å². The van der Waals surface area contributed by atoms with E-state index in [4.69, 9.17) is 0 Å². The van der Waals surface area contributed by atoms with Crippen LogP contribution in [0.25, 0.3) is 0 Å². The molecule has 0 radical (unpaired) electrons. The molecule has 1 saturated heterocycles. The van der Waals surface area contributed by atoms with E-state index in [1.165, 1.54) is 5.69 Å². The van der Waals surface area contributed by atoms with Gasteiger partial charge in [-0.3, -0.25) is 39.8 Å². The maximum Gasteiger partial charge on any atom is 0.261 e. The lowest BCUT2D eigenvalue weighted by molar-refractivity contribution is -0.129. The molecule has 1 fully saturated rings. The number of anilines is 1. The number of amides is 4. The van der Waals surface area contributed by atoms with Crippen molar-refractivity contribution in [2.75, 3.05) is 44.2 Å². The number of nitrogens with one attached hydrogen (secondary N) is 2. The molecule has 2 aliphatic rings. The third-order valence-electron chi connectivity index (χ3n) is 5.93. The topological polar surface area (TPSA) is 102 Å². The second kappa shape index (κ2) is 10.3. The van der Waals surface area contributed by atoms with E-state index in [9.17, 15) is 19.2 Å². The highest BCUT2D eigenvalue weighted by Gasteiger charge is 2.34. The van der Waals surface area contributed by atoms with Gasteiger partial charge < -0.3 is 4.90 Å². The molecule has 0 aliphatic carbocycles. The summed E-state index contributed by atoms with van der Waals surface area (Å²) in [5, 5.41) is 0. The van der Waals surface area contributed by atoms with Crippen molar-refractivity contribution < 1.29 is 19.2 Å². The highest BCUT2D eigenvalue weighted by molar-refractivity contribution is 6.21. The average Bonchev–Trinajstić information content (AvgIpc) is 3.10. The SMILES string of the molecule is O=C(CCN1CCN(c2ccccc2)CC1)NNC(=O)CCN1C(=O)c2ccccc2C1=O. The van der Waals surface area contributed by atoms with Crippen LogP contribution in [0.3, 0.4) is 0 Å². The van der Waals surface area contributed by atoms with E-state index in [-0.39, 0.29) is 25.3 Å². The van der Waals surface area contributed by atoms with Crippen LogP contribution in [-0.2, 0) is 9.59 Å².